The maximum absolute atomic E-state index is 10.7. The quantitative estimate of drug-likeness (QED) is 0.809. The van der Waals surface area contributed by atoms with Gasteiger partial charge in [-0.1, -0.05) is 6.07 Å². The third-order valence-electron chi connectivity index (χ3n) is 2.50. The molecule has 0 fully saturated rings. The minimum absolute atomic E-state index is 0.165. The van der Waals surface area contributed by atoms with Crippen molar-refractivity contribution in [1.82, 2.24) is 5.32 Å². The average Bonchev–Trinajstić information content (AvgIpc) is 2.35. The van der Waals surface area contributed by atoms with Gasteiger partial charge in [0.1, 0.15) is 13.2 Å². The first-order chi connectivity index (χ1) is 8.16. The number of benzene rings is 1. The van der Waals surface area contributed by atoms with Crippen molar-refractivity contribution in [2.24, 2.45) is 0 Å². The second-order valence-electron chi connectivity index (χ2n) is 3.86. The Morgan fingerprint density at radius 2 is 2.12 bits per heavy atom. The topological polar surface area (TPSA) is 67.8 Å². The minimum atomic E-state index is -0.741. The van der Waals surface area contributed by atoms with Crippen molar-refractivity contribution in [1.29, 1.82) is 0 Å². The highest BCUT2D eigenvalue weighted by molar-refractivity contribution is 5.72. The van der Waals surface area contributed by atoms with Crippen molar-refractivity contribution < 1.29 is 19.4 Å². The predicted molar refractivity (Wildman–Crippen MR) is 61.1 cm³/mol. The van der Waals surface area contributed by atoms with E-state index in [1.54, 1.807) is 18.2 Å². The molecule has 0 aliphatic carbocycles. The van der Waals surface area contributed by atoms with Crippen LogP contribution in [0.1, 0.15) is 18.6 Å². The van der Waals surface area contributed by atoms with Crippen LogP contribution in [0.4, 0.5) is 0 Å². The van der Waals surface area contributed by atoms with Gasteiger partial charge in [0, 0.05) is 13.5 Å². The normalized spacial score (nSPS) is 15.2. The summed E-state index contributed by atoms with van der Waals surface area (Å²) in [6.07, 6.45) is -0.741. The molecule has 1 aliphatic rings. The molecule has 0 aromatic heterocycles. The molecule has 1 heterocycles. The molecule has 0 radical (unpaired) electrons. The van der Waals surface area contributed by atoms with Crippen molar-refractivity contribution in [2.45, 2.75) is 13.0 Å². The molecule has 5 heteroatoms. The van der Waals surface area contributed by atoms with Crippen LogP contribution in [0.25, 0.3) is 0 Å². The number of hydrogen-bond acceptors (Lipinski definition) is 4. The van der Waals surface area contributed by atoms with Gasteiger partial charge in [0.2, 0.25) is 5.91 Å². The van der Waals surface area contributed by atoms with Crippen LogP contribution in [0.2, 0.25) is 0 Å². The Morgan fingerprint density at radius 3 is 2.82 bits per heavy atom. The van der Waals surface area contributed by atoms with Crippen LogP contribution in [0, 0.1) is 0 Å². The van der Waals surface area contributed by atoms with Gasteiger partial charge in [-0.3, -0.25) is 4.79 Å². The Kier molecular flexibility index (Phi) is 3.49. The summed E-state index contributed by atoms with van der Waals surface area (Å²) in [4.78, 5) is 10.7. The predicted octanol–water partition coefficient (Wildman–Crippen LogP) is 0.627. The summed E-state index contributed by atoms with van der Waals surface area (Å²) in [6, 6.07) is 5.27. The molecule has 0 spiro atoms. The summed E-state index contributed by atoms with van der Waals surface area (Å²) < 4.78 is 10.8. The largest absolute Gasteiger partial charge is 0.486 e. The number of carbonyl (C=O) groups excluding carboxylic acids is 1. The van der Waals surface area contributed by atoms with Gasteiger partial charge in [-0.15, -0.1) is 0 Å². The lowest BCUT2D eigenvalue weighted by atomic mass is 10.1. The van der Waals surface area contributed by atoms with Crippen molar-refractivity contribution in [2.75, 3.05) is 19.8 Å². The van der Waals surface area contributed by atoms with E-state index in [0.717, 1.165) is 0 Å². The van der Waals surface area contributed by atoms with Crippen molar-refractivity contribution >= 4 is 5.91 Å². The minimum Gasteiger partial charge on any atom is -0.486 e. The first-order valence-corrected chi connectivity index (χ1v) is 5.49. The van der Waals surface area contributed by atoms with Crippen LogP contribution in [0.3, 0.4) is 0 Å². The highest BCUT2D eigenvalue weighted by atomic mass is 16.6. The fraction of sp³-hybridized carbons (Fsp3) is 0.417. The molecule has 2 N–H and O–H groups in total. The van der Waals surface area contributed by atoms with Crippen LogP contribution in [-0.4, -0.2) is 30.8 Å². The third kappa shape index (κ3) is 2.88. The number of hydrogen-bond donors (Lipinski definition) is 2. The Labute approximate surface area is 99.3 Å². The molecule has 1 unspecified atom stereocenters. The highest BCUT2D eigenvalue weighted by Crippen LogP contribution is 2.32. The van der Waals surface area contributed by atoms with E-state index >= 15 is 0 Å². The van der Waals surface area contributed by atoms with Crippen LogP contribution in [0.5, 0.6) is 11.5 Å². The average molecular weight is 237 g/mol. The second kappa shape index (κ2) is 5.05. The number of nitrogens with one attached hydrogen (secondary N) is 1. The molecule has 2 rings (SSSR count). The Hall–Kier alpha value is -1.75. The number of aliphatic hydroxyl groups excluding tert-OH is 1. The number of amides is 1. The zero-order chi connectivity index (χ0) is 12.3. The first-order valence-electron chi connectivity index (χ1n) is 5.49. The highest BCUT2D eigenvalue weighted by Gasteiger charge is 2.15. The summed E-state index contributed by atoms with van der Waals surface area (Å²) in [6.45, 7) is 2.66. The lowest BCUT2D eigenvalue weighted by Crippen LogP contribution is -2.26. The van der Waals surface area contributed by atoms with E-state index in [4.69, 9.17) is 9.47 Å². The zero-order valence-electron chi connectivity index (χ0n) is 9.60. The van der Waals surface area contributed by atoms with Gasteiger partial charge in [-0.05, 0) is 17.7 Å². The Bertz CT molecular complexity index is 419. The van der Waals surface area contributed by atoms with E-state index in [-0.39, 0.29) is 12.5 Å². The second-order valence-corrected chi connectivity index (χ2v) is 3.86. The Morgan fingerprint density at radius 1 is 1.41 bits per heavy atom. The van der Waals surface area contributed by atoms with E-state index < -0.39 is 6.10 Å². The lowest BCUT2D eigenvalue weighted by molar-refractivity contribution is -0.119. The fourth-order valence-electron chi connectivity index (χ4n) is 1.63. The van der Waals surface area contributed by atoms with Crippen LogP contribution in [-0.2, 0) is 4.79 Å². The van der Waals surface area contributed by atoms with Gasteiger partial charge in [0.25, 0.3) is 0 Å². The summed E-state index contributed by atoms with van der Waals surface area (Å²) in [7, 11) is 0. The molecular weight excluding hydrogens is 222 g/mol. The van der Waals surface area contributed by atoms with Crippen LogP contribution < -0.4 is 14.8 Å². The zero-order valence-corrected chi connectivity index (χ0v) is 9.60. The summed E-state index contributed by atoms with van der Waals surface area (Å²) in [5.74, 6) is 1.16. The standard InChI is InChI=1S/C12H15NO4/c1-8(14)13-7-10(15)9-2-3-11-12(6-9)17-5-4-16-11/h2-3,6,10,15H,4-5,7H2,1H3,(H,13,14). The van der Waals surface area contributed by atoms with Crippen molar-refractivity contribution in [3.63, 3.8) is 0 Å². The molecule has 17 heavy (non-hydrogen) atoms. The number of carbonyl (C=O) groups is 1. The van der Waals surface area contributed by atoms with E-state index in [2.05, 4.69) is 5.32 Å². The maximum Gasteiger partial charge on any atom is 0.216 e. The van der Waals surface area contributed by atoms with E-state index in [1.165, 1.54) is 6.92 Å². The number of aliphatic hydroxyl groups is 1. The van der Waals surface area contributed by atoms with Crippen LogP contribution in [0.15, 0.2) is 18.2 Å². The smallest absolute Gasteiger partial charge is 0.216 e. The molecule has 0 saturated heterocycles. The Balaban J connectivity index is 2.08. The number of rotatable bonds is 3. The van der Waals surface area contributed by atoms with E-state index in [0.29, 0.717) is 30.3 Å². The molecule has 1 aliphatic heterocycles. The van der Waals surface area contributed by atoms with Gasteiger partial charge in [-0.25, -0.2) is 0 Å². The molecule has 1 aromatic carbocycles. The molecule has 1 atom stereocenters. The number of ether oxygens (including phenoxy) is 2. The fourth-order valence-corrected chi connectivity index (χ4v) is 1.63. The summed E-state index contributed by atoms with van der Waals surface area (Å²) >= 11 is 0. The van der Waals surface area contributed by atoms with Gasteiger partial charge in [0.15, 0.2) is 11.5 Å². The molecule has 92 valence electrons. The lowest BCUT2D eigenvalue weighted by Gasteiger charge is -2.20. The third-order valence-corrected chi connectivity index (χ3v) is 2.50. The monoisotopic (exact) mass is 237 g/mol. The van der Waals surface area contributed by atoms with Crippen LogP contribution >= 0.6 is 0 Å². The van der Waals surface area contributed by atoms with E-state index in [1.807, 2.05) is 0 Å². The SMILES string of the molecule is CC(=O)NCC(O)c1ccc2c(c1)OCCO2. The van der Waals surface area contributed by atoms with Gasteiger partial charge < -0.3 is 19.9 Å². The van der Waals surface area contributed by atoms with Gasteiger partial charge >= 0.3 is 0 Å². The maximum atomic E-state index is 10.7. The van der Waals surface area contributed by atoms with Gasteiger partial charge in [0.05, 0.1) is 6.10 Å². The van der Waals surface area contributed by atoms with E-state index in [9.17, 15) is 9.90 Å². The summed E-state index contributed by atoms with van der Waals surface area (Å²) in [5.41, 5.74) is 0.697. The molecule has 0 saturated carbocycles. The van der Waals surface area contributed by atoms with Crippen molar-refractivity contribution in [3.8, 4) is 11.5 Å². The first kappa shape index (κ1) is 11.7. The molecule has 1 amide bonds. The van der Waals surface area contributed by atoms with Crippen molar-refractivity contribution in [3.05, 3.63) is 23.8 Å². The molecule has 0 bridgehead atoms. The molecule has 5 nitrogen and oxygen atoms in total. The summed E-state index contributed by atoms with van der Waals surface area (Å²) in [5, 5.41) is 12.4. The molecule has 1 aromatic rings. The molecular formula is C12H15NO4. The number of fused-ring (bicyclic) bond motifs is 1. The van der Waals surface area contributed by atoms with Gasteiger partial charge in [-0.2, -0.15) is 0 Å².